The van der Waals surface area contributed by atoms with E-state index >= 15 is 0 Å². The average molecular weight is 497 g/mol. The molecule has 3 aromatic carbocycles. The summed E-state index contributed by atoms with van der Waals surface area (Å²) in [6, 6.07) is 16.6. The molecule has 0 aliphatic rings. The zero-order chi connectivity index (χ0) is 25.5. The van der Waals surface area contributed by atoms with Gasteiger partial charge in [0.2, 0.25) is 0 Å². The zero-order valence-electron chi connectivity index (χ0n) is 19.4. The molecule has 0 aliphatic carbocycles. The summed E-state index contributed by atoms with van der Waals surface area (Å²) in [5.41, 5.74) is 3.87. The lowest BCUT2D eigenvalue weighted by Gasteiger charge is -2.12. The lowest BCUT2D eigenvalue weighted by atomic mass is 10.0. The van der Waals surface area contributed by atoms with Crippen LogP contribution in [0, 0.1) is 0 Å². The fourth-order valence-corrected chi connectivity index (χ4v) is 3.43. The number of hydrogen-bond donors (Lipinski definition) is 1. The predicted octanol–water partition coefficient (Wildman–Crippen LogP) is 6.14. The van der Waals surface area contributed by atoms with Crippen molar-refractivity contribution >= 4 is 12.2 Å². The Hall–Kier alpha value is -4.47. The van der Waals surface area contributed by atoms with Gasteiger partial charge in [0, 0.05) is 6.07 Å². The summed E-state index contributed by atoms with van der Waals surface area (Å²) in [7, 11) is 3.16. The van der Waals surface area contributed by atoms with Crippen LogP contribution in [0.2, 0.25) is 0 Å². The highest BCUT2D eigenvalue weighted by Crippen LogP contribution is 2.37. The summed E-state index contributed by atoms with van der Waals surface area (Å²) >= 11 is 0. The number of nitrogens with zero attached hydrogens (tertiary/aromatic N) is 2. The molecule has 1 N–H and O–H groups in total. The summed E-state index contributed by atoms with van der Waals surface area (Å²) < 4.78 is 57.4. The third kappa shape index (κ3) is 6.35. The van der Waals surface area contributed by atoms with Crippen molar-refractivity contribution in [2.45, 2.75) is 13.0 Å². The minimum Gasteiger partial charge on any atom is -0.497 e. The van der Waals surface area contributed by atoms with E-state index in [4.69, 9.17) is 14.2 Å². The van der Waals surface area contributed by atoms with Crippen LogP contribution in [0.5, 0.6) is 23.0 Å². The van der Waals surface area contributed by atoms with Crippen molar-refractivity contribution in [3.05, 3.63) is 83.6 Å². The molecule has 4 aromatic rings. The Morgan fingerprint density at radius 3 is 2.19 bits per heavy atom. The number of H-pyrrole nitrogens is 1. The van der Waals surface area contributed by atoms with Gasteiger partial charge in [-0.25, -0.2) is 0 Å². The van der Waals surface area contributed by atoms with Gasteiger partial charge >= 0.3 is 6.36 Å². The lowest BCUT2D eigenvalue weighted by Crippen LogP contribution is -2.17. The molecule has 0 spiro atoms. The molecule has 0 atom stereocenters. The van der Waals surface area contributed by atoms with Gasteiger partial charge in [-0.05, 0) is 47.0 Å². The van der Waals surface area contributed by atoms with E-state index in [1.54, 1.807) is 26.5 Å². The van der Waals surface area contributed by atoms with Crippen molar-refractivity contribution < 1.29 is 32.1 Å². The SMILES string of the molecule is COc1cc(/C=C/c2ccc(OCc3ccc(OC(F)(F)F)cc3)cc2)c(-c2cn[nH]n2)c(OC)c1. The van der Waals surface area contributed by atoms with E-state index in [1.807, 2.05) is 42.5 Å². The minimum absolute atomic E-state index is 0.201. The number of benzene rings is 3. The van der Waals surface area contributed by atoms with Gasteiger partial charge in [-0.1, -0.05) is 36.4 Å². The van der Waals surface area contributed by atoms with Gasteiger partial charge in [-0.2, -0.15) is 15.4 Å². The molecule has 0 bridgehead atoms. The number of aromatic amines is 1. The van der Waals surface area contributed by atoms with Crippen LogP contribution in [0.25, 0.3) is 23.4 Å². The van der Waals surface area contributed by atoms with Crippen molar-refractivity contribution in [1.29, 1.82) is 0 Å². The largest absolute Gasteiger partial charge is 0.573 e. The first-order valence-corrected chi connectivity index (χ1v) is 10.7. The Kier molecular flexibility index (Phi) is 7.43. The molecule has 0 saturated carbocycles. The molecular weight excluding hydrogens is 475 g/mol. The van der Waals surface area contributed by atoms with Crippen molar-refractivity contribution in [2.24, 2.45) is 0 Å². The van der Waals surface area contributed by atoms with Gasteiger partial charge in [0.15, 0.2) is 0 Å². The number of alkyl halides is 3. The highest BCUT2D eigenvalue weighted by Gasteiger charge is 2.30. The first kappa shape index (κ1) is 24.6. The van der Waals surface area contributed by atoms with Crippen LogP contribution in [0.15, 0.2) is 66.9 Å². The van der Waals surface area contributed by atoms with E-state index in [-0.39, 0.29) is 12.4 Å². The number of halogens is 3. The first-order valence-electron chi connectivity index (χ1n) is 10.7. The lowest BCUT2D eigenvalue weighted by molar-refractivity contribution is -0.274. The van der Waals surface area contributed by atoms with Crippen LogP contribution in [0.1, 0.15) is 16.7 Å². The normalized spacial score (nSPS) is 11.5. The quantitative estimate of drug-likeness (QED) is 0.280. The molecule has 4 rings (SSSR count). The van der Waals surface area contributed by atoms with Crippen LogP contribution in [0.4, 0.5) is 13.2 Å². The van der Waals surface area contributed by atoms with Gasteiger partial charge in [0.25, 0.3) is 0 Å². The number of hydrogen-bond acceptors (Lipinski definition) is 6. The summed E-state index contributed by atoms with van der Waals surface area (Å²) in [5.74, 6) is 1.59. The molecule has 1 aromatic heterocycles. The Morgan fingerprint density at radius 1 is 0.861 bits per heavy atom. The van der Waals surface area contributed by atoms with Crippen molar-refractivity contribution in [2.75, 3.05) is 14.2 Å². The number of ether oxygens (including phenoxy) is 4. The summed E-state index contributed by atoms with van der Waals surface area (Å²) in [5, 5.41) is 10.7. The van der Waals surface area contributed by atoms with Gasteiger partial charge < -0.3 is 18.9 Å². The third-order valence-corrected chi connectivity index (χ3v) is 5.13. The molecule has 186 valence electrons. The van der Waals surface area contributed by atoms with Gasteiger partial charge in [-0.15, -0.1) is 13.2 Å². The van der Waals surface area contributed by atoms with Crippen LogP contribution >= 0.6 is 0 Å². The number of rotatable bonds is 9. The van der Waals surface area contributed by atoms with Crippen LogP contribution < -0.4 is 18.9 Å². The van der Waals surface area contributed by atoms with Gasteiger partial charge in [-0.3, -0.25) is 0 Å². The van der Waals surface area contributed by atoms with Gasteiger partial charge in [0.1, 0.15) is 35.3 Å². The standard InChI is InChI=1S/C26H22F3N3O4/c1-33-22-13-19(25(24(14-22)34-2)23-15-30-32-31-23)8-3-17-4-9-20(10-5-17)35-16-18-6-11-21(12-7-18)36-26(27,28)29/h3-15H,16H2,1-2H3,(H,30,31,32)/b8-3+. The fraction of sp³-hybridized carbons (Fsp3) is 0.154. The molecular formula is C26H22F3N3O4. The molecule has 36 heavy (non-hydrogen) atoms. The van der Waals surface area contributed by atoms with Crippen molar-refractivity contribution in [3.8, 4) is 34.3 Å². The van der Waals surface area contributed by atoms with E-state index in [1.165, 1.54) is 24.3 Å². The second-order valence-corrected chi connectivity index (χ2v) is 7.53. The number of aromatic nitrogens is 3. The molecule has 0 unspecified atom stereocenters. The van der Waals surface area contributed by atoms with Crippen molar-refractivity contribution in [3.63, 3.8) is 0 Å². The Labute approximate surface area is 205 Å². The van der Waals surface area contributed by atoms with Crippen LogP contribution in [-0.4, -0.2) is 36.0 Å². The fourth-order valence-electron chi connectivity index (χ4n) is 3.43. The van der Waals surface area contributed by atoms with E-state index in [9.17, 15) is 13.2 Å². The second kappa shape index (κ2) is 10.9. The maximum absolute atomic E-state index is 12.3. The highest BCUT2D eigenvalue weighted by molar-refractivity contribution is 5.84. The van der Waals surface area contributed by atoms with E-state index in [0.717, 1.165) is 16.7 Å². The number of nitrogens with one attached hydrogen (secondary N) is 1. The molecule has 0 saturated heterocycles. The van der Waals surface area contributed by atoms with Crippen LogP contribution in [0.3, 0.4) is 0 Å². The molecule has 7 nitrogen and oxygen atoms in total. The average Bonchev–Trinajstić information content (AvgIpc) is 3.40. The highest BCUT2D eigenvalue weighted by atomic mass is 19.4. The first-order chi connectivity index (χ1) is 17.3. The summed E-state index contributed by atoms with van der Waals surface area (Å²) in [4.78, 5) is 0. The summed E-state index contributed by atoms with van der Waals surface area (Å²) in [6.45, 7) is 0.201. The molecule has 0 amide bonds. The predicted molar refractivity (Wildman–Crippen MR) is 128 cm³/mol. The maximum Gasteiger partial charge on any atom is 0.573 e. The molecule has 1 heterocycles. The molecule has 0 radical (unpaired) electrons. The monoisotopic (exact) mass is 497 g/mol. The minimum atomic E-state index is -4.72. The smallest absolute Gasteiger partial charge is 0.497 e. The maximum atomic E-state index is 12.3. The van der Waals surface area contributed by atoms with Gasteiger partial charge in [0.05, 0.1) is 26.0 Å². The Bertz CT molecular complexity index is 1300. The Morgan fingerprint density at radius 2 is 1.58 bits per heavy atom. The van der Waals surface area contributed by atoms with E-state index < -0.39 is 6.36 Å². The zero-order valence-corrected chi connectivity index (χ0v) is 19.4. The van der Waals surface area contributed by atoms with Crippen molar-refractivity contribution in [1.82, 2.24) is 15.4 Å². The van der Waals surface area contributed by atoms with E-state index in [0.29, 0.717) is 28.5 Å². The third-order valence-electron chi connectivity index (χ3n) is 5.13. The van der Waals surface area contributed by atoms with Crippen LogP contribution in [-0.2, 0) is 6.61 Å². The topological polar surface area (TPSA) is 78.5 Å². The molecule has 10 heteroatoms. The number of methoxy groups -OCH3 is 2. The second-order valence-electron chi connectivity index (χ2n) is 7.53. The molecule has 0 fully saturated rings. The Balaban J connectivity index is 1.45. The summed E-state index contributed by atoms with van der Waals surface area (Å²) in [6.07, 6.45) is 0.756. The molecule has 0 aliphatic heterocycles. The van der Waals surface area contributed by atoms with E-state index in [2.05, 4.69) is 20.1 Å².